The molecule has 0 spiro atoms. The Labute approximate surface area is 156 Å². The first kappa shape index (κ1) is 18.1. The molecular weight excluding hydrogens is 348 g/mol. The van der Waals surface area contributed by atoms with Crippen molar-refractivity contribution in [2.24, 2.45) is 0 Å². The number of thiophene rings is 1. The van der Waals surface area contributed by atoms with Crippen LogP contribution in [0.4, 0.5) is 0 Å². The standard InChI is InChI=1S/C19H22N4O2S/c1-4-20-17(24)13(3)21-18(25)16-10-15-12(2)22-23(19(15)26-16)11-14-8-6-5-7-9-14/h5-10,13H,4,11H2,1-3H3,(H,20,24)(H,21,25). The molecule has 1 atom stereocenters. The molecule has 7 heteroatoms. The number of rotatable bonds is 6. The molecule has 0 saturated carbocycles. The lowest BCUT2D eigenvalue weighted by atomic mass is 10.2. The fourth-order valence-corrected chi connectivity index (χ4v) is 3.81. The Morgan fingerprint density at radius 2 is 2.00 bits per heavy atom. The SMILES string of the molecule is CCNC(=O)C(C)NC(=O)c1cc2c(C)nn(Cc3ccccc3)c2s1. The minimum absolute atomic E-state index is 0.187. The van der Waals surface area contributed by atoms with E-state index in [1.807, 2.05) is 42.8 Å². The summed E-state index contributed by atoms with van der Waals surface area (Å²) in [5.74, 6) is -0.427. The lowest BCUT2D eigenvalue weighted by molar-refractivity contribution is -0.122. The van der Waals surface area contributed by atoms with E-state index in [4.69, 9.17) is 0 Å². The third-order valence-electron chi connectivity index (χ3n) is 4.10. The van der Waals surface area contributed by atoms with Gasteiger partial charge in [0.1, 0.15) is 10.9 Å². The van der Waals surface area contributed by atoms with E-state index in [1.165, 1.54) is 11.3 Å². The zero-order valence-corrected chi connectivity index (χ0v) is 15.9. The van der Waals surface area contributed by atoms with Gasteiger partial charge in [-0.3, -0.25) is 14.3 Å². The number of nitrogens with one attached hydrogen (secondary N) is 2. The lowest BCUT2D eigenvalue weighted by Crippen LogP contribution is -2.44. The molecular formula is C19H22N4O2S. The molecule has 2 N–H and O–H groups in total. The molecule has 0 bridgehead atoms. The molecule has 1 unspecified atom stereocenters. The summed E-state index contributed by atoms with van der Waals surface area (Å²) in [4.78, 5) is 25.9. The summed E-state index contributed by atoms with van der Waals surface area (Å²) >= 11 is 1.40. The van der Waals surface area contributed by atoms with Gasteiger partial charge in [0.25, 0.3) is 5.91 Å². The Hall–Kier alpha value is -2.67. The fraction of sp³-hybridized carbons (Fsp3) is 0.316. The molecule has 0 aliphatic carbocycles. The average molecular weight is 370 g/mol. The van der Waals surface area contributed by atoms with Crippen LogP contribution in [0.15, 0.2) is 36.4 Å². The van der Waals surface area contributed by atoms with Gasteiger partial charge in [-0.25, -0.2) is 0 Å². The third kappa shape index (κ3) is 3.77. The van der Waals surface area contributed by atoms with Gasteiger partial charge in [0.2, 0.25) is 5.91 Å². The number of nitrogens with zero attached hydrogens (tertiary/aromatic N) is 2. The van der Waals surface area contributed by atoms with Gasteiger partial charge in [0.05, 0.1) is 17.1 Å². The Bertz CT molecular complexity index is 930. The van der Waals surface area contributed by atoms with Crippen molar-refractivity contribution in [3.05, 3.63) is 52.5 Å². The van der Waals surface area contributed by atoms with Crippen LogP contribution < -0.4 is 10.6 Å². The molecule has 6 nitrogen and oxygen atoms in total. The second-order valence-corrected chi connectivity index (χ2v) is 7.18. The zero-order chi connectivity index (χ0) is 18.7. The van der Waals surface area contributed by atoms with Crippen LogP contribution in [-0.2, 0) is 11.3 Å². The van der Waals surface area contributed by atoms with E-state index in [0.29, 0.717) is 18.0 Å². The molecule has 2 aromatic heterocycles. The summed E-state index contributed by atoms with van der Waals surface area (Å²) in [6.45, 7) is 6.66. The molecule has 0 aliphatic rings. The summed E-state index contributed by atoms with van der Waals surface area (Å²) in [5.41, 5.74) is 2.05. The Morgan fingerprint density at radius 1 is 1.27 bits per heavy atom. The van der Waals surface area contributed by atoms with Crippen molar-refractivity contribution < 1.29 is 9.59 Å². The summed E-state index contributed by atoms with van der Waals surface area (Å²) in [6, 6.07) is 11.4. The monoisotopic (exact) mass is 370 g/mol. The van der Waals surface area contributed by atoms with Gasteiger partial charge in [-0.15, -0.1) is 11.3 Å². The molecule has 3 aromatic rings. The number of carbonyl (C=O) groups excluding carboxylic acids is 2. The topological polar surface area (TPSA) is 76.0 Å². The van der Waals surface area contributed by atoms with E-state index < -0.39 is 6.04 Å². The van der Waals surface area contributed by atoms with Crippen molar-refractivity contribution in [3.63, 3.8) is 0 Å². The van der Waals surface area contributed by atoms with Gasteiger partial charge in [0, 0.05) is 11.9 Å². The van der Waals surface area contributed by atoms with Gasteiger partial charge in [-0.1, -0.05) is 30.3 Å². The second-order valence-electron chi connectivity index (χ2n) is 6.15. The maximum atomic E-state index is 12.5. The van der Waals surface area contributed by atoms with Crippen LogP contribution in [0.25, 0.3) is 10.2 Å². The first-order valence-electron chi connectivity index (χ1n) is 8.59. The van der Waals surface area contributed by atoms with E-state index in [-0.39, 0.29) is 11.8 Å². The van der Waals surface area contributed by atoms with Crippen molar-refractivity contribution in [2.45, 2.75) is 33.4 Å². The minimum Gasteiger partial charge on any atom is -0.355 e. The van der Waals surface area contributed by atoms with Crippen LogP contribution in [0.1, 0.15) is 34.8 Å². The summed E-state index contributed by atoms with van der Waals surface area (Å²) in [7, 11) is 0. The molecule has 0 fully saturated rings. The average Bonchev–Trinajstić information content (AvgIpc) is 3.18. The van der Waals surface area contributed by atoms with Gasteiger partial charge < -0.3 is 10.6 Å². The highest BCUT2D eigenvalue weighted by molar-refractivity contribution is 7.20. The molecule has 136 valence electrons. The smallest absolute Gasteiger partial charge is 0.262 e. The van der Waals surface area contributed by atoms with E-state index in [9.17, 15) is 9.59 Å². The van der Waals surface area contributed by atoms with E-state index in [0.717, 1.165) is 21.5 Å². The van der Waals surface area contributed by atoms with Crippen molar-refractivity contribution in [1.82, 2.24) is 20.4 Å². The highest BCUT2D eigenvalue weighted by atomic mass is 32.1. The summed E-state index contributed by atoms with van der Waals surface area (Å²) in [5, 5.41) is 11.0. The summed E-state index contributed by atoms with van der Waals surface area (Å²) < 4.78 is 1.93. The van der Waals surface area contributed by atoms with E-state index in [1.54, 1.807) is 6.92 Å². The van der Waals surface area contributed by atoms with Gasteiger partial charge >= 0.3 is 0 Å². The Balaban J connectivity index is 1.82. The van der Waals surface area contributed by atoms with Crippen LogP contribution >= 0.6 is 11.3 Å². The zero-order valence-electron chi connectivity index (χ0n) is 15.1. The molecule has 3 rings (SSSR count). The molecule has 26 heavy (non-hydrogen) atoms. The predicted molar refractivity (Wildman–Crippen MR) is 104 cm³/mol. The minimum atomic E-state index is -0.574. The number of aryl methyl sites for hydroxylation is 1. The maximum absolute atomic E-state index is 12.5. The molecule has 2 amide bonds. The normalized spacial score (nSPS) is 12.1. The van der Waals surface area contributed by atoms with Crippen molar-refractivity contribution in [2.75, 3.05) is 6.54 Å². The largest absolute Gasteiger partial charge is 0.355 e. The first-order chi connectivity index (χ1) is 12.5. The van der Waals surface area contributed by atoms with Crippen LogP contribution in [-0.4, -0.2) is 34.2 Å². The van der Waals surface area contributed by atoms with Crippen molar-refractivity contribution in [1.29, 1.82) is 0 Å². The molecule has 1 aromatic carbocycles. The fourth-order valence-electron chi connectivity index (χ4n) is 2.75. The molecule has 0 radical (unpaired) electrons. The van der Waals surface area contributed by atoms with Crippen LogP contribution in [0, 0.1) is 6.92 Å². The number of benzene rings is 1. The highest BCUT2D eigenvalue weighted by Crippen LogP contribution is 2.28. The van der Waals surface area contributed by atoms with Crippen molar-refractivity contribution >= 4 is 33.4 Å². The van der Waals surface area contributed by atoms with Gasteiger partial charge in [-0.2, -0.15) is 5.10 Å². The first-order valence-corrected chi connectivity index (χ1v) is 9.40. The number of aromatic nitrogens is 2. The molecule has 0 aliphatic heterocycles. The quantitative estimate of drug-likeness (QED) is 0.700. The highest BCUT2D eigenvalue weighted by Gasteiger charge is 2.20. The summed E-state index contributed by atoms with van der Waals surface area (Å²) in [6.07, 6.45) is 0. The van der Waals surface area contributed by atoms with Crippen molar-refractivity contribution in [3.8, 4) is 0 Å². The van der Waals surface area contributed by atoms with E-state index in [2.05, 4.69) is 27.9 Å². The Kier molecular flexibility index (Phi) is 5.37. The van der Waals surface area contributed by atoms with Crippen LogP contribution in [0.3, 0.4) is 0 Å². The molecule has 2 heterocycles. The second kappa shape index (κ2) is 7.70. The number of fused-ring (bicyclic) bond motifs is 1. The Morgan fingerprint density at radius 3 is 2.69 bits per heavy atom. The number of carbonyl (C=O) groups is 2. The predicted octanol–water partition coefficient (Wildman–Crippen LogP) is 2.71. The van der Waals surface area contributed by atoms with E-state index >= 15 is 0 Å². The van der Waals surface area contributed by atoms with Gasteiger partial charge in [-0.05, 0) is 32.4 Å². The van der Waals surface area contributed by atoms with Gasteiger partial charge in [0.15, 0.2) is 0 Å². The number of hydrogen-bond acceptors (Lipinski definition) is 4. The lowest BCUT2D eigenvalue weighted by Gasteiger charge is -2.12. The molecule has 0 saturated heterocycles. The maximum Gasteiger partial charge on any atom is 0.262 e. The third-order valence-corrected chi connectivity index (χ3v) is 5.25. The van der Waals surface area contributed by atoms with Crippen LogP contribution in [0.2, 0.25) is 0 Å². The number of hydrogen-bond donors (Lipinski definition) is 2. The van der Waals surface area contributed by atoms with Crippen LogP contribution in [0.5, 0.6) is 0 Å². The number of amides is 2. The number of likely N-dealkylation sites (N-methyl/N-ethyl adjacent to an activating group) is 1.